The first-order valence-corrected chi connectivity index (χ1v) is 8.25. The topological polar surface area (TPSA) is 54.0 Å². The third kappa shape index (κ3) is 3.85. The van der Waals surface area contributed by atoms with E-state index in [-0.39, 0.29) is 11.9 Å². The molecule has 2 aromatic heterocycles. The van der Waals surface area contributed by atoms with E-state index in [1.54, 1.807) is 16.7 Å². The van der Waals surface area contributed by atoms with Crippen LogP contribution in [-0.4, -0.2) is 30.5 Å². The van der Waals surface area contributed by atoms with Crippen LogP contribution < -0.4 is 10.6 Å². The van der Waals surface area contributed by atoms with Gasteiger partial charge in [0.25, 0.3) is 5.91 Å². The van der Waals surface area contributed by atoms with Crippen molar-refractivity contribution in [2.24, 2.45) is 0 Å². The van der Waals surface area contributed by atoms with Crippen LogP contribution in [0.4, 0.5) is 0 Å². The van der Waals surface area contributed by atoms with Gasteiger partial charge in [0.2, 0.25) is 0 Å². The summed E-state index contributed by atoms with van der Waals surface area (Å²) in [5.41, 5.74) is 0.479. The zero-order valence-electron chi connectivity index (χ0n) is 10.6. The average molecular weight is 360 g/mol. The number of hydrogen-bond acceptors (Lipinski definition) is 5. The van der Waals surface area contributed by atoms with Crippen molar-refractivity contribution in [3.05, 3.63) is 27.0 Å². The highest BCUT2D eigenvalue weighted by molar-refractivity contribution is 9.11. The van der Waals surface area contributed by atoms with E-state index >= 15 is 0 Å². The van der Waals surface area contributed by atoms with Crippen molar-refractivity contribution in [3.63, 3.8) is 0 Å². The summed E-state index contributed by atoms with van der Waals surface area (Å²) >= 11 is 6.52. The summed E-state index contributed by atoms with van der Waals surface area (Å²) in [5, 5.41) is 8.60. The molecule has 102 valence electrons. The lowest BCUT2D eigenvalue weighted by Gasteiger charge is -2.10. The Labute approximate surface area is 128 Å². The van der Waals surface area contributed by atoms with Gasteiger partial charge in [-0.3, -0.25) is 4.79 Å². The lowest BCUT2D eigenvalue weighted by atomic mass is 10.3. The summed E-state index contributed by atoms with van der Waals surface area (Å²) in [5.74, 6) is -0.125. The van der Waals surface area contributed by atoms with E-state index in [0.29, 0.717) is 12.2 Å². The van der Waals surface area contributed by atoms with Crippen LogP contribution in [0, 0.1) is 0 Å². The first-order chi connectivity index (χ1) is 9.10. The number of carbonyl (C=O) groups is 1. The highest BCUT2D eigenvalue weighted by Gasteiger charge is 2.13. The standard InChI is InChI=1S/C12H14BrN3OS2/c1-7(14-2)5-15-11(17)8-6-18-12(16-8)9-3-4-10(13)19-9/h3-4,6-7,14H,5H2,1-2H3,(H,15,17). The molecule has 2 rings (SSSR count). The van der Waals surface area contributed by atoms with E-state index in [1.165, 1.54) is 11.3 Å². The SMILES string of the molecule is CNC(C)CNC(=O)c1csc(-c2ccc(Br)s2)n1. The number of amides is 1. The van der Waals surface area contributed by atoms with Crippen molar-refractivity contribution in [2.45, 2.75) is 13.0 Å². The van der Waals surface area contributed by atoms with Crippen molar-refractivity contribution in [1.82, 2.24) is 15.6 Å². The van der Waals surface area contributed by atoms with E-state index < -0.39 is 0 Å². The molecule has 0 bridgehead atoms. The second-order valence-electron chi connectivity index (χ2n) is 4.04. The molecule has 2 heterocycles. The molecule has 1 atom stereocenters. The van der Waals surface area contributed by atoms with Crippen LogP contribution in [0.3, 0.4) is 0 Å². The van der Waals surface area contributed by atoms with Crippen molar-refractivity contribution < 1.29 is 4.79 Å². The third-order valence-electron chi connectivity index (χ3n) is 2.58. The van der Waals surface area contributed by atoms with Crippen LogP contribution in [0.2, 0.25) is 0 Å². The molecule has 2 N–H and O–H groups in total. The number of carbonyl (C=O) groups excluding carboxylic acids is 1. The van der Waals surface area contributed by atoms with Crippen LogP contribution in [0.15, 0.2) is 21.3 Å². The Kier molecular flexibility index (Phi) is 5.09. The predicted octanol–water partition coefficient (Wildman–Crippen LogP) is 2.97. The Morgan fingerprint density at radius 1 is 1.53 bits per heavy atom. The largest absolute Gasteiger partial charge is 0.349 e. The van der Waals surface area contributed by atoms with Crippen molar-refractivity contribution in [2.75, 3.05) is 13.6 Å². The Morgan fingerprint density at radius 3 is 2.95 bits per heavy atom. The normalized spacial score (nSPS) is 12.4. The maximum Gasteiger partial charge on any atom is 0.270 e. The number of likely N-dealkylation sites (N-methyl/N-ethyl adjacent to an activating group) is 1. The van der Waals surface area contributed by atoms with Gasteiger partial charge in [0.15, 0.2) is 0 Å². The van der Waals surface area contributed by atoms with Gasteiger partial charge in [0, 0.05) is 18.0 Å². The van der Waals surface area contributed by atoms with E-state index in [4.69, 9.17) is 0 Å². The number of nitrogens with one attached hydrogen (secondary N) is 2. The number of aromatic nitrogens is 1. The molecule has 0 saturated heterocycles. The molecule has 19 heavy (non-hydrogen) atoms. The fourth-order valence-corrected chi connectivity index (χ4v) is 3.62. The minimum Gasteiger partial charge on any atom is -0.349 e. The van der Waals surface area contributed by atoms with E-state index in [0.717, 1.165) is 13.7 Å². The number of thiazole rings is 1. The van der Waals surface area contributed by atoms with Gasteiger partial charge in [-0.15, -0.1) is 22.7 Å². The van der Waals surface area contributed by atoms with Gasteiger partial charge in [0.1, 0.15) is 10.7 Å². The number of nitrogens with zero attached hydrogens (tertiary/aromatic N) is 1. The summed E-state index contributed by atoms with van der Waals surface area (Å²) in [6, 6.07) is 4.23. The predicted molar refractivity (Wildman–Crippen MR) is 84.0 cm³/mol. The molecule has 0 saturated carbocycles. The summed E-state index contributed by atoms with van der Waals surface area (Å²) in [7, 11) is 1.87. The van der Waals surface area contributed by atoms with Gasteiger partial charge >= 0.3 is 0 Å². The minimum absolute atomic E-state index is 0.125. The summed E-state index contributed by atoms with van der Waals surface area (Å²) in [4.78, 5) is 17.4. The van der Waals surface area contributed by atoms with Crippen molar-refractivity contribution >= 4 is 44.5 Å². The average Bonchev–Trinajstić information content (AvgIpc) is 3.03. The zero-order chi connectivity index (χ0) is 13.8. The van der Waals surface area contributed by atoms with Crippen LogP contribution in [-0.2, 0) is 0 Å². The first-order valence-electron chi connectivity index (χ1n) is 5.77. The summed E-state index contributed by atoms with van der Waals surface area (Å²) in [6.07, 6.45) is 0. The molecule has 2 aromatic rings. The molecule has 1 amide bonds. The Balaban J connectivity index is 2.02. The highest BCUT2D eigenvalue weighted by Crippen LogP contribution is 2.33. The monoisotopic (exact) mass is 359 g/mol. The third-order valence-corrected chi connectivity index (χ3v) is 5.22. The fraction of sp³-hybridized carbons (Fsp3) is 0.333. The van der Waals surface area contributed by atoms with Gasteiger partial charge in [-0.25, -0.2) is 4.98 Å². The summed E-state index contributed by atoms with van der Waals surface area (Å²) < 4.78 is 1.06. The van der Waals surface area contributed by atoms with Gasteiger partial charge in [-0.05, 0) is 42.0 Å². The Morgan fingerprint density at radius 2 is 2.32 bits per heavy atom. The molecule has 0 aromatic carbocycles. The smallest absolute Gasteiger partial charge is 0.270 e. The van der Waals surface area contributed by atoms with Gasteiger partial charge < -0.3 is 10.6 Å². The first kappa shape index (κ1) is 14.6. The molecule has 0 aliphatic heterocycles. The molecule has 0 fully saturated rings. The molecule has 4 nitrogen and oxygen atoms in total. The molecule has 0 radical (unpaired) electrons. The van der Waals surface area contributed by atoms with Gasteiger partial charge in [-0.2, -0.15) is 0 Å². The van der Waals surface area contributed by atoms with Gasteiger partial charge in [0.05, 0.1) is 8.66 Å². The summed E-state index contributed by atoms with van der Waals surface area (Å²) in [6.45, 7) is 2.60. The van der Waals surface area contributed by atoms with E-state index in [9.17, 15) is 4.79 Å². The van der Waals surface area contributed by atoms with Crippen molar-refractivity contribution in [1.29, 1.82) is 0 Å². The number of hydrogen-bond donors (Lipinski definition) is 2. The van der Waals surface area contributed by atoms with Gasteiger partial charge in [-0.1, -0.05) is 0 Å². The quantitative estimate of drug-likeness (QED) is 0.862. The second-order valence-corrected chi connectivity index (χ2v) is 7.36. The van der Waals surface area contributed by atoms with E-state index in [1.807, 2.05) is 26.1 Å². The van der Waals surface area contributed by atoms with Crippen molar-refractivity contribution in [3.8, 4) is 9.88 Å². The second kappa shape index (κ2) is 6.60. The zero-order valence-corrected chi connectivity index (χ0v) is 13.8. The van der Waals surface area contributed by atoms with E-state index in [2.05, 4.69) is 31.5 Å². The molecule has 0 aliphatic carbocycles. The number of rotatable bonds is 5. The molecule has 0 spiro atoms. The van der Waals surface area contributed by atoms with Crippen LogP contribution in [0.1, 0.15) is 17.4 Å². The number of thiophene rings is 1. The molecule has 0 aliphatic rings. The highest BCUT2D eigenvalue weighted by atomic mass is 79.9. The lowest BCUT2D eigenvalue weighted by Crippen LogP contribution is -2.37. The van der Waals surface area contributed by atoms with Crippen LogP contribution >= 0.6 is 38.6 Å². The minimum atomic E-state index is -0.125. The Bertz CT molecular complexity index is 567. The molecule has 1 unspecified atom stereocenters. The molecular weight excluding hydrogens is 346 g/mol. The lowest BCUT2D eigenvalue weighted by molar-refractivity contribution is 0.0946. The molecular formula is C12H14BrN3OS2. The Hall–Kier alpha value is -0.760. The maximum atomic E-state index is 11.9. The molecule has 7 heteroatoms. The fourth-order valence-electron chi connectivity index (χ4n) is 1.36. The van der Waals surface area contributed by atoms with Crippen LogP contribution in [0.25, 0.3) is 9.88 Å². The number of halogens is 1. The van der Waals surface area contributed by atoms with Crippen LogP contribution in [0.5, 0.6) is 0 Å². The maximum absolute atomic E-state index is 11.9.